The van der Waals surface area contributed by atoms with E-state index in [-0.39, 0.29) is 0 Å². The van der Waals surface area contributed by atoms with Gasteiger partial charge in [0.05, 0.1) is 0 Å². The molecule has 0 aliphatic rings. The van der Waals surface area contributed by atoms with Crippen LogP contribution in [0.1, 0.15) is 0 Å². The Hall–Kier alpha value is -5.14. The Labute approximate surface area is 228 Å². The molecule has 1 nitrogen and oxygen atoms in total. The van der Waals surface area contributed by atoms with Crippen LogP contribution in [0.2, 0.25) is 0 Å². The van der Waals surface area contributed by atoms with Crippen LogP contribution in [0.25, 0.3) is 54.9 Å². The minimum Gasteiger partial charge on any atom is -0.457 e. The van der Waals surface area contributed by atoms with Gasteiger partial charge in [0.1, 0.15) is 11.5 Å². The Morgan fingerprint density at radius 1 is 0.282 bits per heavy atom. The van der Waals surface area contributed by atoms with E-state index in [1.165, 1.54) is 54.9 Å². The highest BCUT2D eigenvalue weighted by molar-refractivity contribution is 6.22. The van der Waals surface area contributed by atoms with Gasteiger partial charge in [0.2, 0.25) is 0 Å². The molecule has 184 valence electrons. The van der Waals surface area contributed by atoms with E-state index >= 15 is 0 Å². The number of para-hydroxylation sites is 1. The van der Waals surface area contributed by atoms with Crippen LogP contribution in [0.5, 0.6) is 11.5 Å². The van der Waals surface area contributed by atoms with Crippen molar-refractivity contribution < 1.29 is 4.74 Å². The minimum atomic E-state index is 0.824. The molecule has 39 heavy (non-hydrogen) atoms. The van der Waals surface area contributed by atoms with Gasteiger partial charge in [0, 0.05) is 0 Å². The number of fused-ring (bicyclic) bond motifs is 3. The standard InChI is InChI=1S/C38H26O/c1-5-13-27(14-6-1)30-21-23-33-34-24-22-32(39-31-19-11-4-12-20-31)26-36(34)38(29-17-9-3-10-18-29)37(35(33)25-30)28-15-7-2-8-16-28/h1-26H. The van der Waals surface area contributed by atoms with Crippen LogP contribution in [0.15, 0.2) is 158 Å². The largest absolute Gasteiger partial charge is 0.457 e. The molecule has 1 heteroatoms. The number of rotatable bonds is 5. The second-order valence-electron chi connectivity index (χ2n) is 9.73. The lowest BCUT2D eigenvalue weighted by Gasteiger charge is -2.20. The van der Waals surface area contributed by atoms with Crippen LogP contribution >= 0.6 is 0 Å². The van der Waals surface area contributed by atoms with Gasteiger partial charge in [-0.2, -0.15) is 0 Å². The Balaban J connectivity index is 1.59. The van der Waals surface area contributed by atoms with Crippen molar-refractivity contribution in [1.29, 1.82) is 0 Å². The molecule has 0 aliphatic heterocycles. The van der Waals surface area contributed by atoms with E-state index in [9.17, 15) is 0 Å². The molecular formula is C38H26O. The topological polar surface area (TPSA) is 9.23 Å². The Kier molecular flexibility index (Phi) is 5.88. The summed E-state index contributed by atoms with van der Waals surface area (Å²) in [5.41, 5.74) is 7.26. The molecule has 0 saturated heterocycles. The molecule has 0 radical (unpaired) electrons. The quantitative estimate of drug-likeness (QED) is 0.214. The fourth-order valence-corrected chi connectivity index (χ4v) is 5.53. The van der Waals surface area contributed by atoms with Crippen molar-refractivity contribution in [3.05, 3.63) is 158 Å². The van der Waals surface area contributed by atoms with E-state index in [1.54, 1.807) is 0 Å². The van der Waals surface area contributed by atoms with Crippen LogP contribution in [0.3, 0.4) is 0 Å². The lowest BCUT2D eigenvalue weighted by atomic mass is 9.84. The summed E-state index contributed by atoms with van der Waals surface area (Å²) in [6, 6.07) is 55.4. The first-order chi connectivity index (χ1) is 19.3. The van der Waals surface area contributed by atoms with Gasteiger partial charge in [0.15, 0.2) is 0 Å². The molecule has 0 atom stereocenters. The molecule has 0 fully saturated rings. The summed E-state index contributed by atoms with van der Waals surface area (Å²) in [5.74, 6) is 1.65. The normalized spacial score (nSPS) is 11.1. The van der Waals surface area contributed by atoms with Crippen molar-refractivity contribution >= 4 is 21.5 Å². The smallest absolute Gasteiger partial charge is 0.128 e. The molecule has 7 aromatic rings. The molecule has 0 spiro atoms. The van der Waals surface area contributed by atoms with Crippen LogP contribution in [0.4, 0.5) is 0 Å². The highest BCUT2D eigenvalue weighted by Gasteiger charge is 2.19. The van der Waals surface area contributed by atoms with Gasteiger partial charge in [-0.25, -0.2) is 0 Å². The summed E-state index contributed by atoms with van der Waals surface area (Å²) < 4.78 is 6.31. The number of hydrogen-bond donors (Lipinski definition) is 0. The summed E-state index contributed by atoms with van der Waals surface area (Å²) >= 11 is 0. The fraction of sp³-hybridized carbons (Fsp3) is 0. The molecule has 0 aromatic heterocycles. The second-order valence-corrected chi connectivity index (χ2v) is 9.73. The SMILES string of the molecule is c1ccc(Oc2ccc3c(c2)c(-c2ccccc2)c(-c2ccccc2)c2cc(-c4ccccc4)ccc23)cc1. The van der Waals surface area contributed by atoms with E-state index in [0.29, 0.717) is 0 Å². The van der Waals surface area contributed by atoms with Crippen molar-refractivity contribution in [2.75, 3.05) is 0 Å². The molecule has 0 heterocycles. The zero-order chi connectivity index (χ0) is 26.0. The van der Waals surface area contributed by atoms with E-state index in [4.69, 9.17) is 4.74 Å². The van der Waals surface area contributed by atoms with Crippen LogP contribution < -0.4 is 4.74 Å². The van der Waals surface area contributed by atoms with Gasteiger partial charge < -0.3 is 4.74 Å². The lowest BCUT2D eigenvalue weighted by Crippen LogP contribution is -1.93. The maximum absolute atomic E-state index is 6.31. The van der Waals surface area contributed by atoms with Crippen molar-refractivity contribution in [3.8, 4) is 44.9 Å². The first kappa shape index (κ1) is 23.0. The third-order valence-electron chi connectivity index (χ3n) is 7.30. The molecule has 0 amide bonds. The van der Waals surface area contributed by atoms with Gasteiger partial charge in [-0.05, 0) is 85.3 Å². The van der Waals surface area contributed by atoms with Crippen molar-refractivity contribution in [2.24, 2.45) is 0 Å². The van der Waals surface area contributed by atoms with Crippen molar-refractivity contribution in [1.82, 2.24) is 0 Å². The number of ether oxygens (including phenoxy) is 1. The third-order valence-corrected chi connectivity index (χ3v) is 7.30. The molecule has 0 N–H and O–H groups in total. The van der Waals surface area contributed by atoms with E-state index in [1.807, 2.05) is 30.3 Å². The monoisotopic (exact) mass is 498 g/mol. The van der Waals surface area contributed by atoms with E-state index < -0.39 is 0 Å². The Bertz CT molecular complexity index is 1890. The predicted molar refractivity (Wildman–Crippen MR) is 164 cm³/mol. The minimum absolute atomic E-state index is 0.824. The predicted octanol–water partition coefficient (Wildman–Crippen LogP) is 10.8. The molecule has 7 rings (SSSR count). The van der Waals surface area contributed by atoms with Gasteiger partial charge >= 0.3 is 0 Å². The first-order valence-corrected chi connectivity index (χ1v) is 13.3. The zero-order valence-corrected chi connectivity index (χ0v) is 21.4. The molecule has 0 saturated carbocycles. The Morgan fingerprint density at radius 3 is 1.31 bits per heavy atom. The Morgan fingerprint density at radius 2 is 0.744 bits per heavy atom. The summed E-state index contributed by atoms with van der Waals surface area (Å²) in [6.45, 7) is 0. The average Bonchev–Trinajstić information content (AvgIpc) is 3.02. The highest BCUT2D eigenvalue weighted by Crippen LogP contribution is 2.46. The summed E-state index contributed by atoms with van der Waals surface area (Å²) in [7, 11) is 0. The summed E-state index contributed by atoms with van der Waals surface area (Å²) in [6.07, 6.45) is 0. The molecule has 0 aliphatic carbocycles. The van der Waals surface area contributed by atoms with Gasteiger partial charge in [0.25, 0.3) is 0 Å². The molecular weight excluding hydrogens is 472 g/mol. The lowest BCUT2D eigenvalue weighted by molar-refractivity contribution is 0.483. The van der Waals surface area contributed by atoms with E-state index in [2.05, 4.69) is 127 Å². The van der Waals surface area contributed by atoms with Crippen LogP contribution in [-0.4, -0.2) is 0 Å². The first-order valence-electron chi connectivity index (χ1n) is 13.3. The maximum Gasteiger partial charge on any atom is 0.128 e. The van der Waals surface area contributed by atoms with Gasteiger partial charge in [-0.1, -0.05) is 127 Å². The van der Waals surface area contributed by atoms with Crippen LogP contribution in [-0.2, 0) is 0 Å². The molecule has 0 bridgehead atoms. The highest BCUT2D eigenvalue weighted by atomic mass is 16.5. The maximum atomic E-state index is 6.31. The molecule has 0 unspecified atom stereocenters. The number of benzene rings is 7. The van der Waals surface area contributed by atoms with Crippen molar-refractivity contribution in [3.63, 3.8) is 0 Å². The van der Waals surface area contributed by atoms with Gasteiger partial charge in [-0.3, -0.25) is 0 Å². The van der Waals surface area contributed by atoms with E-state index in [0.717, 1.165) is 11.5 Å². The zero-order valence-electron chi connectivity index (χ0n) is 21.4. The summed E-state index contributed by atoms with van der Waals surface area (Å²) in [5, 5.41) is 4.86. The van der Waals surface area contributed by atoms with Crippen LogP contribution in [0, 0.1) is 0 Å². The average molecular weight is 499 g/mol. The fourth-order valence-electron chi connectivity index (χ4n) is 5.53. The number of hydrogen-bond acceptors (Lipinski definition) is 1. The third kappa shape index (κ3) is 4.35. The second kappa shape index (κ2) is 9.96. The molecule has 7 aromatic carbocycles. The van der Waals surface area contributed by atoms with Crippen molar-refractivity contribution in [2.45, 2.75) is 0 Å². The summed E-state index contributed by atoms with van der Waals surface area (Å²) in [4.78, 5) is 0. The van der Waals surface area contributed by atoms with Gasteiger partial charge in [-0.15, -0.1) is 0 Å².